The first-order valence-corrected chi connectivity index (χ1v) is 5.00. The quantitative estimate of drug-likeness (QED) is 0.502. The van der Waals surface area contributed by atoms with Crippen molar-refractivity contribution in [2.45, 2.75) is 53.6 Å². The SMILES string of the molecule is CC(C)(C)CC=CC(=O)OC(C)(C)C. The molecule has 2 heteroatoms. The van der Waals surface area contributed by atoms with Crippen LogP contribution in [0.5, 0.6) is 0 Å². The number of ether oxygens (including phenoxy) is 1. The van der Waals surface area contributed by atoms with E-state index in [0.29, 0.717) is 0 Å². The monoisotopic (exact) mass is 198 g/mol. The number of carbonyl (C=O) groups excluding carboxylic acids is 1. The van der Waals surface area contributed by atoms with Crippen molar-refractivity contribution < 1.29 is 9.53 Å². The Morgan fingerprint density at radius 1 is 1.14 bits per heavy atom. The Balaban J connectivity index is 3.96. The van der Waals surface area contributed by atoms with E-state index in [9.17, 15) is 4.79 Å². The molecule has 0 bridgehead atoms. The summed E-state index contributed by atoms with van der Waals surface area (Å²) in [6.45, 7) is 12.0. The maximum atomic E-state index is 11.2. The minimum Gasteiger partial charge on any atom is -0.457 e. The summed E-state index contributed by atoms with van der Waals surface area (Å²) in [5.41, 5.74) is -0.179. The molecule has 0 aromatic heterocycles. The largest absolute Gasteiger partial charge is 0.457 e. The van der Waals surface area contributed by atoms with Crippen molar-refractivity contribution >= 4 is 5.97 Å². The van der Waals surface area contributed by atoms with Crippen LogP contribution >= 0.6 is 0 Å². The van der Waals surface area contributed by atoms with Crippen LogP contribution in [-0.4, -0.2) is 11.6 Å². The molecule has 0 heterocycles. The molecular weight excluding hydrogens is 176 g/mol. The van der Waals surface area contributed by atoms with Gasteiger partial charge in [0.05, 0.1) is 0 Å². The molecule has 0 atom stereocenters. The summed E-state index contributed by atoms with van der Waals surface area (Å²) in [6, 6.07) is 0. The van der Waals surface area contributed by atoms with Crippen LogP contribution in [0, 0.1) is 5.41 Å². The van der Waals surface area contributed by atoms with E-state index in [4.69, 9.17) is 4.74 Å². The van der Waals surface area contributed by atoms with Gasteiger partial charge in [-0.2, -0.15) is 0 Å². The van der Waals surface area contributed by atoms with Crippen LogP contribution in [0.15, 0.2) is 12.2 Å². The molecule has 0 radical (unpaired) electrons. The Bertz CT molecular complexity index is 213. The average Bonchev–Trinajstić information content (AvgIpc) is 1.78. The van der Waals surface area contributed by atoms with Gasteiger partial charge in [0.2, 0.25) is 0 Å². The van der Waals surface area contributed by atoms with E-state index >= 15 is 0 Å². The van der Waals surface area contributed by atoms with Gasteiger partial charge in [-0.15, -0.1) is 0 Å². The van der Waals surface area contributed by atoms with Crippen LogP contribution in [-0.2, 0) is 9.53 Å². The van der Waals surface area contributed by atoms with Gasteiger partial charge in [0, 0.05) is 6.08 Å². The van der Waals surface area contributed by atoms with Gasteiger partial charge < -0.3 is 4.74 Å². The lowest BCUT2D eigenvalue weighted by atomic mass is 9.92. The molecule has 0 aliphatic rings. The minimum absolute atomic E-state index is 0.221. The standard InChI is InChI=1S/C12H22O2/c1-11(2,3)9-7-8-10(13)14-12(4,5)6/h7-8H,9H2,1-6H3. The highest BCUT2D eigenvalue weighted by Gasteiger charge is 2.14. The Labute approximate surface area is 87.3 Å². The van der Waals surface area contributed by atoms with E-state index in [1.807, 2.05) is 26.8 Å². The Morgan fingerprint density at radius 3 is 2.00 bits per heavy atom. The highest BCUT2D eigenvalue weighted by atomic mass is 16.6. The van der Waals surface area contributed by atoms with Gasteiger partial charge in [-0.05, 0) is 32.6 Å². The number of carbonyl (C=O) groups is 1. The van der Waals surface area contributed by atoms with E-state index in [0.717, 1.165) is 6.42 Å². The smallest absolute Gasteiger partial charge is 0.330 e. The molecule has 82 valence electrons. The molecule has 0 aromatic rings. The fourth-order valence-electron chi connectivity index (χ4n) is 0.845. The Morgan fingerprint density at radius 2 is 1.64 bits per heavy atom. The lowest BCUT2D eigenvalue weighted by Gasteiger charge is -2.18. The molecule has 0 amide bonds. The third-order valence-corrected chi connectivity index (χ3v) is 1.39. The van der Waals surface area contributed by atoms with Crippen LogP contribution in [0.1, 0.15) is 48.0 Å². The van der Waals surface area contributed by atoms with Gasteiger partial charge >= 0.3 is 5.97 Å². The fourth-order valence-corrected chi connectivity index (χ4v) is 0.845. The van der Waals surface area contributed by atoms with Crippen molar-refractivity contribution in [1.82, 2.24) is 0 Å². The first-order valence-electron chi connectivity index (χ1n) is 5.00. The third kappa shape index (κ3) is 9.30. The summed E-state index contributed by atoms with van der Waals surface area (Å²) >= 11 is 0. The number of allylic oxidation sites excluding steroid dienone is 1. The Kier molecular flexibility index (Phi) is 4.37. The lowest BCUT2D eigenvalue weighted by Crippen LogP contribution is -2.22. The number of hydrogen-bond acceptors (Lipinski definition) is 2. The van der Waals surface area contributed by atoms with Crippen molar-refractivity contribution in [1.29, 1.82) is 0 Å². The minimum atomic E-state index is -0.400. The fraction of sp³-hybridized carbons (Fsp3) is 0.750. The zero-order valence-electron chi connectivity index (χ0n) is 10.2. The van der Waals surface area contributed by atoms with Gasteiger partial charge in [-0.3, -0.25) is 0 Å². The number of esters is 1. The van der Waals surface area contributed by atoms with E-state index in [1.165, 1.54) is 6.08 Å². The van der Waals surface area contributed by atoms with Crippen LogP contribution in [0.2, 0.25) is 0 Å². The van der Waals surface area contributed by atoms with Crippen molar-refractivity contribution in [3.63, 3.8) is 0 Å². The normalized spacial score (nSPS) is 13.3. The summed E-state index contributed by atoms with van der Waals surface area (Å²) in [6.07, 6.45) is 4.26. The van der Waals surface area contributed by atoms with Crippen LogP contribution < -0.4 is 0 Å². The molecule has 0 N–H and O–H groups in total. The summed E-state index contributed by atoms with van der Waals surface area (Å²) in [7, 11) is 0. The summed E-state index contributed by atoms with van der Waals surface area (Å²) in [5.74, 6) is -0.262. The molecule has 0 rings (SSSR count). The van der Waals surface area contributed by atoms with Crippen molar-refractivity contribution in [2.24, 2.45) is 5.41 Å². The van der Waals surface area contributed by atoms with Gasteiger partial charge in [-0.1, -0.05) is 26.8 Å². The van der Waals surface area contributed by atoms with E-state index < -0.39 is 5.60 Å². The molecule has 14 heavy (non-hydrogen) atoms. The zero-order valence-corrected chi connectivity index (χ0v) is 10.2. The molecule has 2 nitrogen and oxygen atoms in total. The molecule has 0 aromatic carbocycles. The second-order valence-electron chi connectivity index (χ2n) is 5.70. The van der Waals surface area contributed by atoms with Gasteiger partial charge in [-0.25, -0.2) is 4.79 Å². The highest BCUT2D eigenvalue weighted by molar-refractivity contribution is 5.82. The maximum Gasteiger partial charge on any atom is 0.330 e. The molecule has 0 spiro atoms. The molecule has 0 fully saturated rings. The zero-order chi connectivity index (χ0) is 11.4. The molecular formula is C12H22O2. The topological polar surface area (TPSA) is 26.3 Å². The van der Waals surface area contributed by atoms with Gasteiger partial charge in [0.15, 0.2) is 0 Å². The number of rotatable bonds is 2. The highest BCUT2D eigenvalue weighted by Crippen LogP contribution is 2.18. The maximum absolute atomic E-state index is 11.2. The van der Waals surface area contributed by atoms with E-state index in [2.05, 4.69) is 20.8 Å². The van der Waals surface area contributed by atoms with E-state index in [1.54, 1.807) is 0 Å². The van der Waals surface area contributed by atoms with E-state index in [-0.39, 0.29) is 11.4 Å². The Hall–Kier alpha value is -0.790. The third-order valence-electron chi connectivity index (χ3n) is 1.39. The molecule has 0 saturated carbocycles. The average molecular weight is 198 g/mol. The van der Waals surface area contributed by atoms with Crippen molar-refractivity contribution in [3.05, 3.63) is 12.2 Å². The summed E-state index contributed by atoms with van der Waals surface area (Å²) in [5, 5.41) is 0. The first kappa shape index (κ1) is 13.2. The van der Waals surface area contributed by atoms with Crippen molar-refractivity contribution in [2.75, 3.05) is 0 Å². The lowest BCUT2D eigenvalue weighted by molar-refractivity contribution is -0.148. The van der Waals surface area contributed by atoms with Crippen LogP contribution in [0.25, 0.3) is 0 Å². The molecule has 0 aliphatic carbocycles. The number of hydrogen-bond donors (Lipinski definition) is 0. The second kappa shape index (κ2) is 4.63. The first-order chi connectivity index (χ1) is 6.10. The second-order valence-corrected chi connectivity index (χ2v) is 5.70. The molecule has 0 saturated heterocycles. The van der Waals surface area contributed by atoms with Gasteiger partial charge in [0.25, 0.3) is 0 Å². The molecule has 0 aliphatic heterocycles. The summed E-state index contributed by atoms with van der Waals surface area (Å²) in [4.78, 5) is 11.2. The molecule has 0 unspecified atom stereocenters. The van der Waals surface area contributed by atoms with Gasteiger partial charge in [0.1, 0.15) is 5.60 Å². The van der Waals surface area contributed by atoms with Crippen molar-refractivity contribution in [3.8, 4) is 0 Å². The predicted molar refractivity (Wildman–Crippen MR) is 59.1 cm³/mol. The summed E-state index contributed by atoms with van der Waals surface area (Å²) < 4.78 is 5.13. The predicted octanol–water partition coefficient (Wildman–Crippen LogP) is 3.32. The van der Waals surface area contributed by atoms with Crippen LogP contribution in [0.4, 0.5) is 0 Å². The van der Waals surface area contributed by atoms with Crippen LogP contribution in [0.3, 0.4) is 0 Å².